The van der Waals surface area contributed by atoms with Gasteiger partial charge in [0, 0.05) is 23.8 Å². The number of nitrogens with zero attached hydrogens (tertiary/aromatic N) is 2. The fourth-order valence-electron chi connectivity index (χ4n) is 3.91. The number of benzene rings is 2. The number of hydrogen-bond acceptors (Lipinski definition) is 4. The highest BCUT2D eigenvalue weighted by Gasteiger charge is 2.43. The fourth-order valence-corrected chi connectivity index (χ4v) is 3.91. The molecule has 1 amide bonds. The Bertz CT molecular complexity index is 1050. The Balaban J connectivity index is 1.90. The first-order valence-electron chi connectivity index (χ1n) is 9.82. The van der Waals surface area contributed by atoms with E-state index < -0.39 is 6.04 Å². The number of carbonyl (C=O) groups is 1. The molecule has 6 nitrogen and oxygen atoms in total. The van der Waals surface area contributed by atoms with E-state index in [0.29, 0.717) is 28.8 Å². The number of halogens is 1. The molecule has 1 unspecified atom stereocenters. The van der Waals surface area contributed by atoms with Crippen molar-refractivity contribution in [2.75, 3.05) is 19.1 Å². The molecule has 1 N–H and O–H groups in total. The molecule has 4 rings (SSSR count). The van der Waals surface area contributed by atoms with Crippen LogP contribution < -0.4 is 14.4 Å². The number of aromatic nitrogens is 2. The highest BCUT2D eigenvalue weighted by Crippen LogP contribution is 2.44. The van der Waals surface area contributed by atoms with E-state index in [2.05, 4.69) is 24.0 Å². The summed E-state index contributed by atoms with van der Waals surface area (Å²) in [6, 6.07) is 11.1. The number of amides is 1. The summed E-state index contributed by atoms with van der Waals surface area (Å²) in [6.45, 7) is 4.21. The van der Waals surface area contributed by atoms with Crippen LogP contribution in [-0.2, 0) is 6.42 Å². The molecule has 30 heavy (non-hydrogen) atoms. The van der Waals surface area contributed by atoms with E-state index in [1.807, 2.05) is 0 Å². The molecule has 1 aromatic heterocycles. The van der Waals surface area contributed by atoms with Crippen LogP contribution in [0, 0.1) is 11.7 Å². The van der Waals surface area contributed by atoms with Crippen molar-refractivity contribution in [2.24, 2.45) is 5.92 Å². The Kier molecular flexibility index (Phi) is 5.20. The number of methoxy groups -OCH3 is 2. The molecular weight excluding hydrogens is 385 g/mol. The molecule has 1 aliphatic rings. The summed E-state index contributed by atoms with van der Waals surface area (Å²) in [6.07, 6.45) is 0.728. The van der Waals surface area contributed by atoms with Gasteiger partial charge in [-0.25, -0.2) is 4.39 Å². The van der Waals surface area contributed by atoms with Gasteiger partial charge in [0.1, 0.15) is 23.0 Å². The topological polar surface area (TPSA) is 67.5 Å². The summed E-state index contributed by atoms with van der Waals surface area (Å²) < 4.78 is 24.4. The molecule has 3 aromatic rings. The highest BCUT2D eigenvalue weighted by atomic mass is 19.1. The minimum Gasteiger partial charge on any atom is -0.497 e. The number of rotatable bonds is 6. The van der Waals surface area contributed by atoms with E-state index in [4.69, 9.17) is 9.47 Å². The van der Waals surface area contributed by atoms with Crippen molar-refractivity contribution < 1.29 is 18.7 Å². The van der Waals surface area contributed by atoms with Crippen LogP contribution >= 0.6 is 0 Å². The van der Waals surface area contributed by atoms with Crippen molar-refractivity contribution in [3.63, 3.8) is 0 Å². The lowest BCUT2D eigenvalue weighted by atomic mass is 9.95. The quantitative estimate of drug-likeness (QED) is 0.650. The van der Waals surface area contributed by atoms with Gasteiger partial charge in [0.15, 0.2) is 0 Å². The standard InChI is InChI=1S/C23H24FN3O3/c1-13(2)9-19-20-21(26-25-19)23(28)27(22(20)14-5-7-15(24)8-6-14)16-10-17(29-3)12-18(11-16)30-4/h5-8,10-13,22H,9H2,1-4H3,(H,25,26). The monoisotopic (exact) mass is 409 g/mol. The maximum atomic E-state index is 13.6. The molecule has 0 fully saturated rings. The van der Waals surface area contributed by atoms with Crippen molar-refractivity contribution >= 4 is 11.6 Å². The molecule has 0 aliphatic carbocycles. The van der Waals surface area contributed by atoms with Crippen LogP contribution in [0.15, 0.2) is 42.5 Å². The zero-order valence-corrected chi connectivity index (χ0v) is 17.4. The number of ether oxygens (including phenoxy) is 2. The number of H-pyrrole nitrogens is 1. The Hall–Kier alpha value is -3.35. The molecule has 0 spiro atoms. The van der Waals surface area contributed by atoms with Crippen molar-refractivity contribution in [1.29, 1.82) is 0 Å². The minimum absolute atomic E-state index is 0.197. The van der Waals surface area contributed by atoms with Gasteiger partial charge >= 0.3 is 0 Å². The third kappa shape index (κ3) is 3.40. The van der Waals surface area contributed by atoms with Crippen molar-refractivity contribution in [2.45, 2.75) is 26.3 Å². The van der Waals surface area contributed by atoms with E-state index in [-0.39, 0.29) is 11.7 Å². The average Bonchev–Trinajstić information content (AvgIpc) is 3.26. The third-order valence-electron chi connectivity index (χ3n) is 5.25. The SMILES string of the molecule is COc1cc(OC)cc(N2C(=O)c3[nH]nc(CC(C)C)c3C2c2ccc(F)cc2)c1. The Labute approximate surface area is 174 Å². The number of carbonyl (C=O) groups excluding carboxylic acids is 1. The van der Waals surface area contributed by atoms with Crippen LogP contribution in [0.25, 0.3) is 0 Å². The molecule has 156 valence electrons. The summed E-state index contributed by atoms with van der Waals surface area (Å²) in [5.74, 6) is 0.995. The summed E-state index contributed by atoms with van der Waals surface area (Å²) in [5.41, 5.74) is 3.58. The first-order chi connectivity index (χ1) is 14.4. The lowest BCUT2D eigenvalue weighted by molar-refractivity contribution is 0.0988. The van der Waals surface area contributed by atoms with E-state index in [0.717, 1.165) is 23.2 Å². The van der Waals surface area contributed by atoms with Crippen LogP contribution in [0.4, 0.5) is 10.1 Å². The van der Waals surface area contributed by atoms with Gasteiger partial charge in [0.2, 0.25) is 0 Å². The largest absolute Gasteiger partial charge is 0.497 e. The molecule has 1 atom stereocenters. The maximum Gasteiger partial charge on any atom is 0.277 e. The first kappa shape index (κ1) is 19.9. The summed E-state index contributed by atoms with van der Waals surface area (Å²) in [5, 5.41) is 7.35. The number of fused-ring (bicyclic) bond motifs is 1. The van der Waals surface area contributed by atoms with E-state index in [1.54, 1.807) is 49.5 Å². The van der Waals surface area contributed by atoms with Crippen LogP contribution in [-0.4, -0.2) is 30.3 Å². The molecule has 2 aromatic carbocycles. The van der Waals surface area contributed by atoms with Gasteiger partial charge < -0.3 is 9.47 Å². The molecule has 0 radical (unpaired) electrons. The maximum absolute atomic E-state index is 13.6. The molecule has 0 saturated carbocycles. The van der Waals surface area contributed by atoms with Crippen LogP contribution in [0.5, 0.6) is 11.5 Å². The van der Waals surface area contributed by atoms with Gasteiger partial charge in [0.05, 0.1) is 31.6 Å². The molecule has 2 heterocycles. The van der Waals surface area contributed by atoms with Gasteiger partial charge in [-0.05, 0) is 30.0 Å². The molecule has 0 bridgehead atoms. The van der Waals surface area contributed by atoms with E-state index >= 15 is 0 Å². The second-order valence-corrected chi connectivity index (χ2v) is 7.76. The lowest BCUT2D eigenvalue weighted by Crippen LogP contribution is -2.29. The second-order valence-electron chi connectivity index (χ2n) is 7.76. The van der Waals surface area contributed by atoms with Gasteiger partial charge in [0.25, 0.3) is 5.91 Å². The van der Waals surface area contributed by atoms with Crippen molar-refractivity contribution in [3.8, 4) is 11.5 Å². The molecular formula is C23H24FN3O3. The van der Waals surface area contributed by atoms with Crippen LogP contribution in [0.3, 0.4) is 0 Å². The van der Waals surface area contributed by atoms with Crippen molar-refractivity contribution in [1.82, 2.24) is 10.2 Å². The minimum atomic E-state index is -0.433. The fraction of sp³-hybridized carbons (Fsp3) is 0.304. The van der Waals surface area contributed by atoms with Gasteiger partial charge in [-0.3, -0.25) is 14.8 Å². The molecule has 7 heteroatoms. The number of hydrogen-bond donors (Lipinski definition) is 1. The normalized spacial score (nSPS) is 15.6. The number of anilines is 1. The third-order valence-corrected chi connectivity index (χ3v) is 5.25. The second kappa shape index (κ2) is 7.82. The highest BCUT2D eigenvalue weighted by molar-refractivity contribution is 6.10. The van der Waals surface area contributed by atoms with Gasteiger partial charge in [-0.2, -0.15) is 5.10 Å². The Morgan fingerprint density at radius 2 is 1.73 bits per heavy atom. The zero-order valence-electron chi connectivity index (χ0n) is 17.4. The number of nitrogens with one attached hydrogen (secondary N) is 1. The summed E-state index contributed by atoms with van der Waals surface area (Å²) in [7, 11) is 3.13. The van der Waals surface area contributed by atoms with Crippen LogP contribution in [0.2, 0.25) is 0 Å². The smallest absolute Gasteiger partial charge is 0.277 e. The van der Waals surface area contributed by atoms with E-state index in [1.165, 1.54) is 12.1 Å². The van der Waals surface area contributed by atoms with Gasteiger partial charge in [-0.1, -0.05) is 26.0 Å². The van der Waals surface area contributed by atoms with Crippen LogP contribution in [0.1, 0.15) is 47.2 Å². The van der Waals surface area contributed by atoms with Crippen molar-refractivity contribution in [3.05, 3.63) is 70.8 Å². The molecule has 0 saturated heterocycles. The Morgan fingerprint density at radius 1 is 1.10 bits per heavy atom. The molecule has 1 aliphatic heterocycles. The number of aromatic amines is 1. The summed E-state index contributed by atoms with van der Waals surface area (Å²) >= 11 is 0. The Morgan fingerprint density at radius 3 is 2.30 bits per heavy atom. The first-order valence-corrected chi connectivity index (χ1v) is 9.82. The lowest BCUT2D eigenvalue weighted by Gasteiger charge is -2.27. The summed E-state index contributed by atoms with van der Waals surface area (Å²) in [4.78, 5) is 15.1. The predicted octanol–water partition coefficient (Wildman–Crippen LogP) is 4.51. The zero-order chi connectivity index (χ0) is 21.4. The van der Waals surface area contributed by atoms with E-state index in [9.17, 15) is 9.18 Å². The van der Waals surface area contributed by atoms with Gasteiger partial charge in [-0.15, -0.1) is 0 Å². The predicted molar refractivity (Wildman–Crippen MR) is 112 cm³/mol. The average molecular weight is 409 g/mol.